The van der Waals surface area contributed by atoms with Crippen molar-refractivity contribution < 1.29 is 23.1 Å². The molecular formula is C13H14Cl2O5S. The normalized spacial score (nSPS) is 16.9. The molecule has 0 unspecified atom stereocenters. The predicted molar refractivity (Wildman–Crippen MR) is 79.0 cm³/mol. The summed E-state index contributed by atoms with van der Waals surface area (Å²) >= 11 is 11.7. The first-order valence-electron chi connectivity index (χ1n) is 6.34. The molecular weight excluding hydrogens is 339 g/mol. The quantitative estimate of drug-likeness (QED) is 0.900. The van der Waals surface area contributed by atoms with Gasteiger partial charge in [0.05, 0.1) is 26.3 Å². The topological polar surface area (TPSA) is 80.7 Å². The summed E-state index contributed by atoms with van der Waals surface area (Å²) in [6.45, 7) is 1.07. The standard InChI is InChI=1S/C13H14Cl2O5S/c14-10-6-11(15)12(5-9(10)13(16)17)21(18,19)7-8-1-3-20-4-2-8/h5-6,8H,1-4,7H2,(H,16,17). The fourth-order valence-electron chi connectivity index (χ4n) is 2.24. The first-order valence-corrected chi connectivity index (χ1v) is 8.75. The summed E-state index contributed by atoms with van der Waals surface area (Å²) in [7, 11) is -3.67. The van der Waals surface area contributed by atoms with Gasteiger partial charge in [-0.15, -0.1) is 0 Å². The van der Waals surface area contributed by atoms with Crippen LogP contribution in [0.1, 0.15) is 23.2 Å². The zero-order chi connectivity index (χ0) is 15.6. The number of hydrogen-bond donors (Lipinski definition) is 1. The Kier molecular flexibility index (Phi) is 5.14. The summed E-state index contributed by atoms with van der Waals surface area (Å²) in [6, 6.07) is 2.19. The average Bonchev–Trinajstić information content (AvgIpc) is 2.38. The highest BCUT2D eigenvalue weighted by atomic mass is 35.5. The first-order chi connectivity index (χ1) is 9.81. The first kappa shape index (κ1) is 16.5. The molecule has 0 amide bonds. The smallest absolute Gasteiger partial charge is 0.337 e. The Balaban J connectivity index is 2.34. The van der Waals surface area contributed by atoms with Crippen molar-refractivity contribution in [1.82, 2.24) is 0 Å². The van der Waals surface area contributed by atoms with Crippen LogP contribution in [0.2, 0.25) is 10.0 Å². The number of hydrogen-bond acceptors (Lipinski definition) is 4. The maximum atomic E-state index is 12.4. The molecule has 1 saturated heterocycles. The van der Waals surface area contributed by atoms with Crippen LogP contribution in [-0.4, -0.2) is 38.5 Å². The van der Waals surface area contributed by atoms with Crippen LogP contribution in [-0.2, 0) is 14.6 Å². The van der Waals surface area contributed by atoms with E-state index in [-0.39, 0.29) is 32.2 Å². The lowest BCUT2D eigenvalue weighted by atomic mass is 10.0. The van der Waals surface area contributed by atoms with Crippen molar-refractivity contribution in [2.75, 3.05) is 19.0 Å². The lowest BCUT2D eigenvalue weighted by Crippen LogP contribution is -2.24. The highest BCUT2D eigenvalue weighted by Crippen LogP contribution is 2.31. The van der Waals surface area contributed by atoms with E-state index in [0.717, 1.165) is 12.1 Å². The Hall–Kier alpha value is -0.820. The minimum atomic E-state index is -3.67. The Bertz CT molecular complexity index is 651. The van der Waals surface area contributed by atoms with Gasteiger partial charge in [0.2, 0.25) is 0 Å². The molecule has 0 aliphatic carbocycles. The summed E-state index contributed by atoms with van der Waals surface area (Å²) in [5.74, 6) is -1.38. The van der Waals surface area contributed by atoms with E-state index < -0.39 is 15.8 Å². The third kappa shape index (κ3) is 3.88. The van der Waals surface area contributed by atoms with Gasteiger partial charge >= 0.3 is 5.97 Å². The predicted octanol–water partition coefficient (Wildman–Crippen LogP) is 2.89. The van der Waals surface area contributed by atoms with Gasteiger partial charge in [-0.1, -0.05) is 23.2 Å². The van der Waals surface area contributed by atoms with Crippen molar-refractivity contribution in [2.45, 2.75) is 17.7 Å². The number of ether oxygens (including phenoxy) is 1. The monoisotopic (exact) mass is 352 g/mol. The second-order valence-corrected chi connectivity index (χ2v) is 7.72. The highest BCUT2D eigenvalue weighted by molar-refractivity contribution is 7.91. The number of carboxylic acid groups (broad SMARTS) is 1. The minimum Gasteiger partial charge on any atom is -0.478 e. The molecule has 1 heterocycles. The second-order valence-electron chi connectivity index (χ2n) is 4.90. The van der Waals surface area contributed by atoms with Gasteiger partial charge in [0, 0.05) is 13.2 Å². The summed E-state index contributed by atoms with van der Waals surface area (Å²) in [5.41, 5.74) is -0.272. The van der Waals surface area contributed by atoms with Crippen molar-refractivity contribution in [2.24, 2.45) is 5.92 Å². The number of aromatic carboxylic acids is 1. The molecule has 2 rings (SSSR count). The largest absolute Gasteiger partial charge is 0.478 e. The average molecular weight is 353 g/mol. The highest BCUT2D eigenvalue weighted by Gasteiger charge is 2.27. The maximum Gasteiger partial charge on any atom is 0.337 e. The molecule has 116 valence electrons. The molecule has 0 bridgehead atoms. The molecule has 1 N–H and O–H groups in total. The van der Waals surface area contributed by atoms with Gasteiger partial charge in [-0.25, -0.2) is 13.2 Å². The Morgan fingerprint density at radius 3 is 2.43 bits per heavy atom. The molecule has 1 aromatic carbocycles. The van der Waals surface area contributed by atoms with Crippen molar-refractivity contribution in [3.05, 3.63) is 27.7 Å². The molecule has 21 heavy (non-hydrogen) atoms. The molecule has 1 aliphatic heterocycles. The van der Waals surface area contributed by atoms with Crippen molar-refractivity contribution in [3.63, 3.8) is 0 Å². The van der Waals surface area contributed by atoms with Gasteiger partial charge in [-0.2, -0.15) is 0 Å². The van der Waals surface area contributed by atoms with Crippen LogP contribution in [0.25, 0.3) is 0 Å². The lowest BCUT2D eigenvalue weighted by molar-refractivity contribution is 0.0696. The lowest BCUT2D eigenvalue weighted by Gasteiger charge is -2.22. The number of halogens is 2. The summed E-state index contributed by atoms with van der Waals surface area (Å²) in [6.07, 6.45) is 1.33. The van der Waals surface area contributed by atoms with Crippen LogP contribution in [0.4, 0.5) is 0 Å². The Morgan fingerprint density at radius 1 is 1.24 bits per heavy atom. The van der Waals surface area contributed by atoms with Crippen LogP contribution in [0.15, 0.2) is 17.0 Å². The zero-order valence-electron chi connectivity index (χ0n) is 11.0. The molecule has 0 saturated carbocycles. The van der Waals surface area contributed by atoms with Gasteiger partial charge < -0.3 is 9.84 Å². The molecule has 0 aromatic heterocycles. The van der Waals surface area contributed by atoms with E-state index in [4.69, 9.17) is 33.0 Å². The third-order valence-corrected chi connectivity index (χ3v) is 6.04. The Morgan fingerprint density at radius 2 is 1.86 bits per heavy atom. The zero-order valence-corrected chi connectivity index (χ0v) is 13.3. The molecule has 8 heteroatoms. The van der Waals surface area contributed by atoms with Crippen molar-refractivity contribution in [3.8, 4) is 0 Å². The maximum absolute atomic E-state index is 12.4. The van der Waals surface area contributed by atoms with Crippen molar-refractivity contribution >= 4 is 39.0 Å². The Labute approximate surface area is 132 Å². The van der Waals surface area contributed by atoms with Crippen LogP contribution >= 0.6 is 23.2 Å². The van der Waals surface area contributed by atoms with Crippen LogP contribution in [0.3, 0.4) is 0 Å². The van der Waals surface area contributed by atoms with Gasteiger partial charge in [-0.05, 0) is 30.9 Å². The fraction of sp³-hybridized carbons (Fsp3) is 0.462. The van der Waals surface area contributed by atoms with Gasteiger partial charge in [0.15, 0.2) is 9.84 Å². The SMILES string of the molecule is O=C(O)c1cc(S(=O)(=O)CC2CCOCC2)c(Cl)cc1Cl. The van der Waals surface area contributed by atoms with Crippen LogP contribution in [0, 0.1) is 5.92 Å². The molecule has 1 aliphatic rings. The molecule has 1 aromatic rings. The fourth-order valence-corrected chi connectivity index (χ4v) is 4.85. The number of sulfone groups is 1. The summed E-state index contributed by atoms with van der Waals surface area (Å²) < 4.78 is 30.1. The number of carboxylic acids is 1. The van der Waals surface area contributed by atoms with Gasteiger partial charge in [-0.3, -0.25) is 0 Å². The molecule has 5 nitrogen and oxygen atoms in total. The minimum absolute atomic E-state index is 0.0104. The van der Waals surface area contributed by atoms with E-state index in [2.05, 4.69) is 0 Å². The van der Waals surface area contributed by atoms with E-state index >= 15 is 0 Å². The summed E-state index contributed by atoms with van der Waals surface area (Å²) in [4.78, 5) is 10.9. The molecule has 0 spiro atoms. The second kappa shape index (κ2) is 6.52. The van der Waals surface area contributed by atoms with Gasteiger partial charge in [0.1, 0.15) is 0 Å². The molecule has 0 radical (unpaired) electrons. The number of carbonyl (C=O) groups is 1. The van der Waals surface area contributed by atoms with Crippen LogP contribution in [0.5, 0.6) is 0 Å². The van der Waals surface area contributed by atoms with E-state index in [1.807, 2.05) is 0 Å². The van der Waals surface area contributed by atoms with E-state index in [9.17, 15) is 13.2 Å². The van der Waals surface area contributed by atoms with Gasteiger partial charge in [0.25, 0.3) is 0 Å². The van der Waals surface area contributed by atoms with E-state index in [1.54, 1.807) is 0 Å². The van der Waals surface area contributed by atoms with Crippen LogP contribution < -0.4 is 0 Å². The summed E-state index contributed by atoms with van der Waals surface area (Å²) in [5, 5.41) is 8.89. The molecule has 0 atom stereocenters. The van der Waals surface area contributed by atoms with Crippen molar-refractivity contribution in [1.29, 1.82) is 0 Å². The van der Waals surface area contributed by atoms with E-state index in [0.29, 0.717) is 26.1 Å². The third-order valence-electron chi connectivity index (χ3n) is 3.38. The number of benzene rings is 1. The van der Waals surface area contributed by atoms with E-state index in [1.165, 1.54) is 0 Å². The number of rotatable bonds is 4. The molecule has 1 fully saturated rings.